The van der Waals surface area contributed by atoms with Crippen LogP contribution >= 0.6 is 0 Å². The topological polar surface area (TPSA) is 60.7 Å². The first kappa shape index (κ1) is 13.2. The van der Waals surface area contributed by atoms with Crippen LogP contribution in [0.2, 0.25) is 0 Å². The highest BCUT2D eigenvalue weighted by atomic mass is 16.3. The lowest BCUT2D eigenvalue weighted by Gasteiger charge is -2.28. The molecule has 3 heteroatoms. The van der Waals surface area contributed by atoms with Crippen LogP contribution in [-0.4, -0.2) is 28.0 Å². The summed E-state index contributed by atoms with van der Waals surface area (Å²) in [7, 11) is 0. The third-order valence-electron chi connectivity index (χ3n) is 2.88. The normalized spacial score (nSPS) is 17.1. The summed E-state index contributed by atoms with van der Waals surface area (Å²) in [5, 5.41) is 29.2. The summed E-state index contributed by atoms with van der Waals surface area (Å²) in [4.78, 5) is 0. The summed E-state index contributed by atoms with van der Waals surface area (Å²) in [6.07, 6.45) is -1.54. The van der Waals surface area contributed by atoms with Gasteiger partial charge in [0.05, 0.1) is 18.8 Å². The molecule has 0 amide bonds. The van der Waals surface area contributed by atoms with Gasteiger partial charge in [-0.25, -0.2) is 0 Å². The van der Waals surface area contributed by atoms with Crippen molar-refractivity contribution in [3.63, 3.8) is 0 Å². The molecule has 0 bridgehead atoms. The molecule has 16 heavy (non-hydrogen) atoms. The molecule has 0 aliphatic carbocycles. The molecular weight excluding hydrogens is 204 g/mol. The molecule has 1 aromatic carbocycles. The Hall–Kier alpha value is -0.900. The van der Waals surface area contributed by atoms with Crippen molar-refractivity contribution >= 4 is 0 Å². The predicted octanol–water partition coefficient (Wildman–Crippen LogP) is 1.35. The highest BCUT2D eigenvalue weighted by Crippen LogP contribution is 2.27. The van der Waals surface area contributed by atoms with E-state index in [4.69, 9.17) is 0 Å². The molecule has 0 radical (unpaired) electrons. The van der Waals surface area contributed by atoms with Crippen LogP contribution in [0.25, 0.3) is 0 Å². The molecule has 0 aliphatic heterocycles. The first-order valence-electron chi connectivity index (χ1n) is 5.59. The third-order valence-corrected chi connectivity index (χ3v) is 2.88. The van der Waals surface area contributed by atoms with Crippen LogP contribution in [0.15, 0.2) is 30.3 Å². The zero-order chi connectivity index (χ0) is 12.1. The molecular formula is C13H20O3. The van der Waals surface area contributed by atoms with Crippen molar-refractivity contribution in [2.24, 2.45) is 11.8 Å². The first-order valence-corrected chi connectivity index (χ1v) is 5.59. The third kappa shape index (κ3) is 3.04. The highest BCUT2D eigenvalue weighted by Gasteiger charge is 2.29. The van der Waals surface area contributed by atoms with Crippen LogP contribution in [0, 0.1) is 11.8 Å². The maximum atomic E-state index is 10.1. The first-order chi connectivity index (χ1) is 7.57. The molecule has 90 valence electrons. The molecule has 0 aliphatic rings. The lowest BCUT2D eigenvalue weighted by molar-refractivity contribution is -0.0375. The van der Waals surface area contributed by atoms with Crippen molar-refractivity contribution in [3.05, 3.63) is 35.9 Å². The zero-order valence-electron chi connectivity index (χ0n) is 9.74. The van der Waals surface area contributed by atoms with Crippen molar-refractivity contribution in [1.82, 2.24) is 0 Å². The van der Waals surface area contributed by atoms with Gasteiger partial charge in [-0.05, 0) is 11.5 Å². The Morgan fingerprint density at radius 3 is 2.06 bits per heavy atom. The molecule has 0 aromatic heterocycles. The van der Waals surface area contributed by atoms with Crippen molar-refractivity contribution < 1.29 is 15.3 Å². The Balaban J connectivity index is 2.81. The van der Waals surface area contributed by atoms with E-state index in [1.807, 2.05) is 32.0 Å². The number of rotatable bonds is 5. The fourth-order valence-corrected chi connectivity index (χ4v) is 1.79. The number of aliphatic hydroxyl groups is 3. The number of benzene rings is 1. The minimum absolute atomic E-state index is 0.00973. The molecule has 0 spiro atoms. The van der Waals surface area contributed by atoms with Crippen molar-refractivity contribution in [2.75, 3.05) is 6.61 Å². The van der Waals surface area contributed by atoms with Gasteiger partial charge < -0.3 is 15.3 Å². The summed E-state index contributed by atoms with van der Waals surface area (Å²) in [5.41, 5.74) is 0.723. The zero-order valence-corrected chi connectivity index (χ0v) is 9.74. The molecule has 3 nitrogen and oxygen atoms in total. The van der Waals surface area contributed by atoms with Crippen molar-refractivity contribution in [1.29, 1.82) is 0 Å². The summed E-state index contributed by atoms with van der Waals surface area (Å²) < 4.78 is 0. The van der Waals surface area contributed by atoms with Gasteiger partial charge in [-0.15, -0.1) is 0 Å². The Kier molecular flexibility index (Phi) is 4.93. The minimum atomic E-state index is -0.830. The van der Waals surface area contributed by atoms with E-state index in [2.05, 4.69) is 0 Å². The molecule has 1 aromatic rings. The maximum absolute atomic E-state index is 10.1. The molecule has 1 rings (SSSR count). The number of aliphatic hydroxyl groups excluding tert-OH is 3. The largest absolute Gasteiger partial charge is 0.396 e. The second kappa shape index (κ2) is 5.99. The summed E-state index contributed by atoms with van der Waals surface area (Å²) in [6, 6.07) is 9.10. The Morgan fingerprint density at radius 1 is 1.06 bits per heavy atom. The number of hydrogen-bond acceptors (Lipinski definition) is 3. The second-order valence-corrected chi connectivity index (χ2v) is 4.44. The Bertz CT molecular complexity index is 297. The van der Waals surface area contributed by atoms with E-state index in [1.54, 1.807) is 12.1 Å². The van der Waals surface area contributed by atoms with Gasteiger partial charge in [0.25, 0.3) is 0 Å². The standard InChI is InChI=1S/C13H20O3/c1-9(2)12(15)11(8-14)13(16)10-6-4-3-5-7-10/h3-7,9,11-16H,8H2,1-2H3/t11-,12-,13+/m0/s1. The lowest BCUT2D eigenvalue weighted by atomic mass is 9.86. The predicted molar refractivity (Wildman–Crippen MR) is 62.8 cm³/mol. The maximum Gasteiger partial charge on any atom is 0.0865 e. The fraction of sp³-hybridized carbons (Fsp3) is 0.538. The molecule has 0 unspecified atom stereocenters. The van der Waals surface area contributed by atoms with E-state index in [0.29, 0.717) is 0 Å². The Labute approximate surface area is 96.4 Å². The monoisotopic (exact) mass is 224 g/mol. The minimum Gasteiger partial charge on any atom is -0.396 e. The molecule has 0 heterocycles. The molecule has 0 saturated carbocycles. The van der Waals surface area contributed by atoms with Crippen LogP contribution < -0.4 is 0 Å². The van der Waals surface area contributed by atoms with E-state index in [0.717, 1.165) is 5.56 Å². The van der Waals surface area contributed by atoms with E-state index >= 15 is 0 Å². The molecule has 3 N–H and O–H groups in total. The van der Waals surface area contributed by atoms with Gasteiger partial charge in [0, 0.05) is 5.92 Å². The van der Waals surface area contributed by atoms with Crippen molar-refractivity contribution in [2.45, 2.75) is 26.1 Å². The average molecular weight is 224 g/mol. The molecule has 0 fully saturated rings. The van der Waals surface area contributed by atoms with Crippen LogP contribution in [0.5, 0.6) is 0 Å². The summed E-state index contributed by atoms with van der Waals surface area (Å²) in [5.74, 6) is -0.530. The van der Waals surface area contributed by atoms with Gasteiger partial charge in [-0.2, -0.15) is 0 Å². The van der Waals surface area contributed by atoms with E-state index in [-0.39, 0.29) is 12.5 Å². The quantitative estimate of drug-likeness (QED) is 0.707. The van der Waals surface area contributed by atoms with Crippen LogP contribution in [0.1, 0.15) is 25.5 Å². The second-order valence-electron chi connectivity index (χ2n) is 4.44. The molecule has 3 atom stereocenters. The highest BCUT2D eigenvalue weighted by molar-refractivity contribution is 5.18. The van der Waals surface area contributed by atoms with Gasteiger partial charge >= 0.3 is 0 Å². The van der Waals surface area contributed by atoms with E-state index in [9.17, 15) is 15.3 Å². The summed E-state index contributed by atoms with van der Waals surface area (Å²) >= 11 is 0. The fourth-order valence-electron chi connectivity index (χ4n) is 1.79. The summed E-state index contributed by atoms with van der Waals surface area (Å²) in [6.45, 7) is 3.51. The molecule has 0 saturated heterocycles. The Morgan fingerprint density at radius 2 is 1.62 bits per heavy atom. The van der Waals surface area contributed by atoms with Crippen LogP contribution in [0.3, 0.4) is 0 Å². The smallest absolute Gasteiger partial charge is 0.0865 e. The van der Waals surface area contributed by atoms with E-state index in [1.165, 1.54) is 0 Å². The van der Waals surface area contributed by atoms with Crippen LogP contribution in [0.4, 0.5) is 0 Å². The number of hydrogen-bond donors (Lipinski definition) is 3. The SMILES string of the molecule is CC(C)[C@H](O)[C@H](CO)[C@H](O)c1ccccc1. The van der Waals surface area contributed by atoms with Gasteiger partial charge in [-0.1, -0.05) is 44.2 Å². The van der Waals surface area contributed by atoms with Gasteiger partial charge in [0.2, 0.25) is 0 Å². The van der Waals surface area contributed by atoms with Gasteiger partial charge in [-0.3, -0.25) is 0 Å². The van der Waals surface area contributed by atoms with Crippen molar-refractivity contribution in [3.8, 4) is 0 Å². The van der Waals surface area contributed by atoms with Gasteiger partial charge in [0.15, 0.2) is 0 Å². The van der Waals surface area contributed by atoms with Gasteiger partial charge in [0.1, 0.15) is 0 Å². The van der Waals surface area contributed by atoms with E-state index < -0.39 is 18.1 Å². The average Bonchev–Trinajstić information content (AvgIpc) is 2.30. The van der Waals surface area contributed by atoms with Crippen LogP contribution in [-0.2, 0) is 0 Å². The lowest BCUT2D eigenvalue weighted by Crippen LogP contribution is -2.33.